The molecule has 1 N–H and O–H groups in total. The number of carboxylic acids is 1. The summed E-state index contributed by atoms with van der Waals surface area (Å²) >= 11 is 11.6. The van der Waals surface area contributed by atoms with Gasteiger partial charge in [-0.15, -0.1) is 0 Å². The largest absolute Gasteiger partial charge is 0.475 e. The number of carbonyl (C=O) groups is 1. The zero-order valence-electron chi connectivity index (χ0n) is 7.65. The molecule has 1 aromatic carbocycles. The third kappa shape index (κ3) is 2.15. The second-order valence-corrected chi connectivity index (χ2v) is 3.76. The Balaban J connectivity index is 2.46. The van der Waals surface area contributed by atoms with Crippen LogP contribution in [0, 0.1) is 0 Å². The molecule has 82 valence electrons. The van der Waals surface area contributed by atoms with Gasteiger partial charge in [-0.2, -0.15) is 4.98 Å². The Hall–Kier alpha value is -1.59. The molecular weight excluding hydrogens is 255 g/mol. The average molecular weight is 259 g/mol. The van der Waals surface area contributed by atoms with Crippen LogP contribution in [0.3, 0.4) is 0 Å². The van der Waals surface area contributed by atoms with E-state index in [4.69, 9.17) is 32.8 Å². The van der Waals surface area contributed by atoms with Gasteiger partial charge in [0.2, 0.25) is 0 Å². The van der Waals surface area contributed by atoms with Crippen molar-refractivity contribution in [3.63, 3.8) is 0 Å². The van der Waals surface area contributed by atoms with Crippen molar-refractivity contribution in [3.8, 4) is 11.5 Å². The first kappa shape index (κ1) is 10.9. The lowest BCUT2D eigenvalue weighted by atomic mass is 10.2. The maximum atomic E-state index is 10.5. The number of benzene rings is 1. The highest BCUT2D eigenvalue weighted by Gasteiger charge is 2.14. The fourth-order valence-electron chi connectivity index (χ4n) is 1.10. The molecule has 0 atom stereocenters. The molecule has 0 bridgehead atoms. The molecule has 1 heterocycles. The zero-order valence-corrected chi connectivity index (χ0v) is 9.16. The summed E-state index contributed by atoms with van der Waals surface area (Å²) in [6, 6.07) is 4.64. The van der Waals surface area contributed by atoms with E-state index in [2.05, 4.69) is 10.1 Å². The molecule has 2 rings (SSSR count). The molecule has 0 aliphatic rings. The normalized spacial score (nSPS) is 10.4. The van der Waals surface area contributed by atoms with Gasteiger partial charge in [0.15, 0.2) is 0 Å². The first-order valence-electron chi connectivity index (χ1n) is 4.10. The van der Waals surface area contributed by atoms with Crippen LogP contribution in [0.1, 0.15) is 10.6 Å². The van der Waals surface area contributed by atoms with E-state index in [-0.39, 0.29) is 5.89 Å². The van der Waals surface area contributed by atoms with Crippen LogP contribution >= 0.6 is 23.2 Å². The fraction of sp³-hybridized carbons (Fsp3) is 0. The molecule has 5 nitrogen and oxygen atoms in total. The lowest BCUT2D eigenvalue weighted by Gasteiger charge is -1.96. The molecule has 16 heavy (non-hydrogen) atoms. The van der Waals surface area contributed by atoms with E-state index >= 15 is 0 Å². The Labute approximate surface area is 99.6 Å². The minimum absolute atomic E-state index is 0.0572. The van der Waals surface area contributed by atoms with Crippen molar-refractivity contribution in [1.29, 1.82) is 0 Å². The van der Waals surface area contributed by atoms with E-state index in [1.165, 1.54) is 0 Å². The maximum Gasteiger partial charge on any atom is 0.377 e. The van der Waals surface area contributed by atoms with Crippen molar-refractivity contribution >= 4 is 29.2 Å². The topological polar surface area (TPSA) is 76.2 Å². The summed E-state index contributed by atoms with van der Waals surface area (Å²) in [5.74, 6) is -1.61. The molecule has 0 aliphatic carbocycles. The minimum Gasteiger partial charge on any atom is -0.475 e. The highest BCUT2D eigenvalue weighted by molar-refractivity contribution is 6.35. The van der Waals surface area contributed by atoms with Crippen molar-refractivity contribution in [3.05, 3.63) is 34.1 Å². The van der Waals surface area contributed by atoms with Crippen LogP contribution in [0.25, 0.3) is 11.5 Å². The molecule has 0 saturated heterocycles. The van der Waals surface area contributed by atoms with Crippen molar-refractivity contribution in [2.24, 2.45) is 0 Å². The van der Waals surface area contributed by atoms with Gasteiger partial charge in [0.1, 0.15) is 0 Å². The van der Waals surface area contributed by atoms with Crippen LogP contribution in [-0.2, 0) is 0 Å². The van der Waals surface area contributed by atoms with E-state index < -0.39 is 11.8 Å². The predicted octanol–water partition coefficient (Wildman–Crippen LogP) is 2.74. The summed E-state index contributed by atoms with van der Waals surface area (Å²) in [5.41, 5.74) is 0.470. The number of rotatable bonds is 2. The number of hydrogen-bond donors (Lipinski definition) is 1. The molecule has 0 fully saturated rings. The number of aromatic carboxylic acids is 1. The lowest BCUT2D eigenvalue weighted by molar-refractivity contribution is 0.0680. The Kier molecular flexibility index (Phi) is 2.80. The van der Waals surface area contributed by atoms with Gasteiger partial charge < -0.3 is 9.63 Å². The van der Waals surface area contributed by atoms with Gasteiger partial charge in [-0.3, -0.25) is 0 Å². The van der Waals surface area contributed by atoms with Crippen LogP contribution in [0.15, 0.2) is 22.7 Å². The third-order valence-electron chi connectivity index (χ3n) is 1.73. The van der Waals surface area contributed by atoms with Crippen molar-refractivity contribution < 1.29 is 14.4 Å². The van der Waals surface area contributed by atoms with Gasteiger partial charge in [-0.25, -0.2) is 4.79 Å². The van der Waals surface area contributed by atoms with E-state index in [0.717, 1.165) is 0 Å². The number of hydrogen-bond acceptors (Lipinski definition) is 4. The molecule has 0 radical (unpaired) electrons. The van der Waals surface area contributed by atoms with Crippen LogP contribution in [0.2, 0.25) is 10.0 Å². The lowest BCUT2D eigenvalue weighted by Crippen LogP contribution is -1.98. The van der Waals surface area contributed by atoms with Crippen LogP contribution < -0.4 is 0 Å². The first-order chi connectivity index (χ1) is 7.56. The van der Waals surface area contributed by atoms with Crippen LogP contribution in [0.4, 0.5) is 0 Å². The van der Waals surface area contributed by atoms with E-state index in [0.29, 0.717) is 15.6 Å². The molecule has 0 amide bonds. The molecule has 2 aromatic rings. The number of carboxylic acid groups (broad SMARTS) is 1. The van der Waals surface area contributed by atoms with Crippen molar-refractivity contribution in [1.82, 2.24) is 10.1 Å². The average Bonchev–Trinajstić information content (AvgIpc) is 2.64. The maximum absolute atomic E-state index is 10.5. The van der Waals surface area contributed by atoms with E-state index in [1.807, 2.05) is 0 Å². The monoisotopic (exact) mass is 258 g/mol. The Morgan fingerprint density at radius 1 is 1.25 bits per heavy atom. The molecule has 1 aromatic heterocycles. The van der Waals surface area contributed by atoms with Gasteiger partial charge >= 0.3 is 5.97 Å². The Morgan fingerprint density at radius 3 is 2.38 bits per heavy atom. The smallest absolute Gasteiger partial charge is 0.377 e. The summed E-state index contributed by atoms with van der Waals surface area (Å²) in [4.78, 5) is 14.2. The molecule has 7 heteroatoms. The van der Waals surface area contributed by atoms with Crippen molar-refractivity contribution in [2.45, 2.75) is 0 Å². The minimum atomic E-state index is -1.26. The fourth-order valence-corrected chi connectivity index (χ4v) is 1.63. The van der Waals surface area contributed by atoms with Gasteiger partial charge in [-0.1, -0.05) is 23.2 Å². The summed E-state index contributed by atoms with van der Waals surface area (Å²) < 4.78 is 4.76. The van der Waals surface area contributed by atoms with E-state index in [1.54, 1.807) is 18.2 Å². The second-order valence-electron chi connectivity index (χ2n) is 2.89. The number of nitrogens with zero attached hydrogens (tertiary/aromatic N) is 2. The van der Waals surface area contributed by atoms with Crippen LogP contribution in [0.5, 0.6) is 0 Å². The number of halogens is 2. The Morgan fingerprint density at radius 2 is 1.88 bits per heavy atom. The predicted molar refractivity (Wildman–Crippen MR) is 56.7 cm³/mol. The molecule has 0 aliphatic heterocycles. The van der Waals surface area contributed by atoms with Gasteiger partial charge in [0.05, 0.1) is 0 Å². The van der Waals surface area contributed by atoms with Gasteiger partial charge in [0.25, 0.3) is 11.7 Å². The highest BCUT2D eigenvalue weighted by atomic mass is 35.5. The summed E-state index contributed by atoms with van der Waals surface area (Å²) in [6.45, 7) is 0. The van der Waals surface area contributed by atoms with Gasteiger partial charge in [0, 0.05) is 15.6 Å². The SMILES string of the molecule is O=C(O)c1noc(-c2cc(Cl)cc(Cl)c2)n1. The van der Waals surface area contributed by atoms with Crippen LogP contribution in [-0.4, -0.2) is 21.2 Å². The van der Waals surface area contributed by atoms with Crippen molar-refractivity contribution in [2.75, 3.05) is 0 Å². The third-order valence-corrected chi connectivity index (χ3v) is 2.16. The Bertz CT molecular complexity index is 533. The second kappa shape index (κ2) is 4.11. The molecule has 0 spiro atoms. The highest BCUT2D eigenvalue weighted by Crippen LogP contribution is 2.25. The number of aromatic nitrogens is 2. The molecule has 0 saturated carbocycles. The first-order valence-corrected chi connectivity index (χ1v) is 4.85. The quantitative estimate of drug-likeness (QED) is 0.897. The van der Waals surface area contributed by atoms with Gasteiger partial charge in [-0.05, 0) is 23.4 Å². The summed E-state index contributed by atoms with van der Waals surface area (Å²) in [7, 11) is 0. The zero-order chi connectivity index (χ0) is 11.7. The standard InChI is InChI=1S/C9H4Cl2N2O3/c10-5-1-4(2-6(11)3-5)8-12-7(9(14)15)13-16-8/h1-3H,(H,14,15). The molecular formula is C9H4Cl2N2O3. The summed E-state index contributed by atoms with van der Waals surface area (Å²) in [6.07, 6.45) is 0. The molecule has 0 unspecified atom stereocenters. The van der Waals surface area contributed by atoms with E-state index in [9.17, 15) is 4.79 Å². The summed E-state index contributed by atoms with van der Waals surface area (Å²) in [5, 5.41) is 12.7.